The molecule has 0 amide bonds. The average molecular weight is 279 g/mol. The molecule has 0 heterocycles. The topological polar surface area (TPSA) is 38.0 Å². The number of hydrogen-bond donors (Lipinski definition) is 2. The van der Waals surface area contributed by atoms with E-state index >= 15 is 0 Å². The number of rotatable bonds is 5. The van der Waals surface area contributed by atoms with Gasteiger partial charge in [-0.3, -0.25) is 0 Å². The molecule has 0 saturated carbocycles. The first kappa shape index (κ1) is 17.3. The summed E-state index contributed by atoms with van der Waals surface area (Å²) in [6, 6.07) is 3.46. The Morgan fingerprint density at radius 3 is 2.44 bits per heavy atom. The molecule has 0 aliphatic carbocycles. The zero-order valence-electron chi connectivity index (χ0n) is 11.0. The van der Waals surface area contributed by atoms with Crippen molar-refractivity contribution in [3.05, 3.63) is 35.4 Å². The van der Waals surface area contributed by atoms with Crippen molar-refractivity contribution in [3.63, 3.8) is 0 Å². The molecule has 104 valence electrons. The SMILES string of the molecule is CC(C)C(C)(CN)NCc1cc(F)ccc1F.Cl. The van der Waals surface area contributed by atoms with Crippen LogP contribution in [-0.2, 0) is 6.54 Å². The summed E-state index contributed by atoms with van der Waals surface area (Å²) in [5.74, 6) is -0.520. The highest BCUT2D eigenvalue weighted by Crippen LogP contribution is 2.17. The maximum absolute atomic E-state index is 13.4. The zero-order valence-corrected chi connectivity index (χ0v) is 11.8. The van der Waals surface area contributed by atoms with Gasteiger partial charge < -0.3 is 11.1 Å². The van der Waals surface area contributed by atoms with Crippen molar-refractivity contribution < 1.29 is 8.78 Å². The van der Waals surface area contributed by atoms with E-state index in [1.54, 1.807) is 0 Å². The molecule has 1 atom stereocenters. The molecule has 1 unspecified atom stereocenters. The third kappa shape index (κ3) is 4.19. The van der Waals surface area contributed by atoms with Crippen LogP contribution in [0.15, 0.2) is 18.2 Å². The van der Waals surface area contributed by atoms with E-state index in [9.17, 15) is 8.78 Å². The van der Waals surface area contributed by atoms with Crippen LogP contribution in [0, 0.1) is 17.6 Å². The number of nitrogens with two attached hydrogens (primary N) is 1. The molecule has 0 bridgehead atoms. The van der Waals surface area contributed by atoms with Crippen LogP contribution in [0.5, 0.6) is 0 Å². The summed E-state index contributed by atoms with van der Waals surface area (Å²) in [6.45, 7) is 6.79. The predicted octanol–water partition coefficient (Wildman–Crippen LogP) is 2.85. The van der Waals surface area contributed by atoms with E-state index in [4.69, 9.17) is 5.73 Å². The van der Waals surface area contributed by atoms with E-state index in [1.165, 1.54) is 6.07 Å². The van der Waals surface area contributed by atoms with Crippen LogP contribution in [0.4, 0.5) is 8.78 Å². The van der Waals surface area contributed by atoms with E-state index in [-0.39, 0.29) is 24.5 Å². The summed E-state index contributed by atoms with van der Waals surface area (Å²) >= 11 is 0. The van der Waals surface area contributed by atoms with Gasteiger partial charge in [0.1, 0.15) is 11.6 Å². The standard InChI is InChI=1S/C13H20F2N2.ClH/c1-9(2)13(3,8-16)17-7-10-6-11(14)4-5-12(10)15;/h4-6,9,17H,7-8,16H2,1-3H3;1H. The third-order valence-corrected chi connectivity index (χ3v) is 3.39. The van der Waals surface area contributed by atoms with Crippen molar-refractivity contribution in [2.24, 2.45) is 11.7 Å². The maximum atomic E-state index is 13.4. The monoisotopic (exact) mass is 278 g/mol. The van der Waals surface area contributed by atoms with E-state index in [0.29, 0.717) is 18.0 Å². The summed E-state index contributed by atoms with van der Waals surface area (Å²) in [4.78, 5) is 0. The summed E-state index contributed by atoms with van der Waals surface area (Å²) in [7, 11) is 0. The second-order valence-electron chi connectivity index (χ2n) is 4.87. The van der Waals surface area contributed by atoms with E-state index < -0.39 is 11.6 Å². The Bertz CT molecular complexity index is 385. The van der Waals surface area contributed by atoms with Gasteiger partial charge in [-0.25, -0.2) is 8.78 Å². The molecule has 1 aromatic carbocycles. The Labute approximate surface area is 113 Å². The van der Waals surface area contributed by atoms with Gasteiger partial charge in [-0.05, 0) is 31.0 Å². The van der Waals surface area contributed by atoms with Gasteiger partial charge in [0.15, 0.2) is 0 Å². The van der Waals surface area contributed by atoms with Crippen molar-refractivity contribution >= 4 is 12.4 Å². The lowest BCUT2D eigenvalue weighted by atomic mass is 9.88. The van der Waals surface area contributed by atoms with Crippen LogP contribution in [0.25, 0.3) is 0 Å². The minimum atomic E-state index is -0.429. The molecule has 0 aromatic heterocycles. The van der Waals surface area contributed by atoms with Crippen LogP contribution < -0.4 is 11.1 Å². The smallest absolute Gasteiger partial charge is 0.127 e. The predicted molar refractivity (Wildman–Crippen MR) is 72.7 cm³/mol. The number of hydrogen-bond acceptors (Lipinski definition) is 2. The Morgan fingerprint density at radius 1 is 1.33 bits per heavy atom. The Kier molecular flexibility index (Phi) is 6.74. The van der Waals surface area contributed by atoms with Crippen LogP contribution in [0.2, 0.25) is 0 Å². The highest BCUT2D eigenvalue weighted by molar-refractivity contribution is 5.85. The molecule has 0 saturated heterocycles. The van der Waals surface area contributed by atoms with Gasteiger partial charge in [-0.1, -0.05) is 13.8 Å². The fraction of sp³-hybridized carbons (Fsp3) is 0.538. The van der Waals surface area contributed by atoms with Crippen LogP contribution in [0.3, 0.4) is 0 Å². The van der Waals surface area contributed by atoms with Gasteiger partial charge in [0.2, 0.25) is 0 Å². The highest BCUT2D eigenvalue weighted by Gasteiger charge is 2.26. The molecule has 18 heavy (non-hydrogen) atoms. The van der Waals surface area contributed by atoms with E-state index in [0.717, 1.165) is 12.1 Å². The largest absolute Gasteiger partial charge is 0.329 e. The molecule has 3 N–H and O–H groups in total. The fourth-order valence-corrected chi connectivity index (χ4v) is 1.49. The molecule has 1 rings (SSSR count). The minimum absolute atomic E-state index is 0. The molecule has 0 radical (unpaired) electrons. The summed E-state index contributed by atoms with van der Waals surface area (Å²) < 4.78 is 26.4. The fourth-order valence-electron chi connectivity index (χ4n) is 1.49. The average Bonchev–Trinajstić information content (AvgIpc) is 2.29. The van der Waals surface area contributed by atoms with Gasteiger partial charge in [0.05, 0.1) is 0 Å². The quantitative estimate of drug-likeness (QED) is 0.869. The third-order valence-electron chi connectivity index (χ3n) is 3.39. The molecular weight excluding hydrogens is 258 g/mol. The second-order valence-corrected chi connectivity index (χ2v) is 4.87. The normalized spacial score (nSPS) is 14.2. The van der Waals surface area contributed by atoms with Crippen LogP contribution in [-0.4, -0.2) is 12.1 Å². The number of halogens is 3. The number of nitrogens with one attached hydrogen (secondary N) is 1. The summed E-state index contributed by atoms with van der Waals surface area (Å²) in [5, 5.41) is 3.20. The first-order chi connectivity index (χ1) is 7.89. The molecule has 0 aliphatic rings. The van der Waals surface area contributed by atoms with Gasteiger partial charge in [0.25, 0.3) is 0 Å². The van der Waals surface area contributed by atoms with E-state index in [1.807, 2.05) is 20.8 Å². The van der Waals surface area contributed by atoms with Gasteiger partial charge in [-0.2, -0.15) is 0 Å². The van der Waals surface area contributed by atoms with Gasteiger partial charge >= 0.3 is 0 Å². The molecule has 1 aromatic rings. The lowest BCUT2D eigenvalue weighted by Crippen LogP contribution is -2.52. The van der Waals surface area contributed by atoms with Gasteiger partial charge in [0, 0.05) is 24.2 Å². The van der Waals surface area contributed by atoms with Crippen molar-refractivity contribution in [1.82, 2.24) is 5.32 Å². The van der Waals surface area contributed by atoms with Crippen LogP contribution in [0.1, 0.15) is 26.3 Å². The second kappa shape index (κ2) is 7.02. The van der Waals surface area contributed by atoms with Crippen molar-refractivity contribution in [1.29, 1.82) is 0 Å². The molecule has 5 heteroatoms. The lowest BCUT2D eigenvalue weighted by Gasteiger charge is -2.34. The first-order valence-corrected chi connectivity index (χ1v) is 5.78. The molecule has 0 fully saturated rings. The van der Waals surface area contributed by atoms with Crippen molar-refractivity contribution in [2.45, 2.75) is 32.9 Å². The lowest BCUT2D eigenvalue weighted by molar-refractivity contribution is 0.265. The van der Waals surface area contributed by atoms with Crippen molar-refractivity contribution in [2.75, 3.05) is 6.54 Å². The molecule has 0 spiro atoms. The molecule has 2 nitrogen and oxygen atoms in total. The summed E-state index contributed by atoms with van der Waals surface area (Å²) in [5.41, 5.74) is 5.76. The highest BCUT2D eigenvalue weighted by atomic mass is 35.5. The minimum Gasteiger partial charge on any atom is -0.329 e. The first-order valence-electron chi connectivity index (χ1n) is 5.78. The Balaban J connectivity index is 0.00000289. The zero-order chi connectivity index (χ0) is 13.1. The van der Waals surface area contributed by atoms with Crippen molar-refractivity contribution in [3.8, 4) is 0 Å². The number of benzene rings is 1. The Morgan fingerprint density at radius 2 is 1.94 bits per heavy atom. The summed E-state index contributed by atoms with van der Waals surface area (Å²) in [6.07, 6.45) is 0. The maximum Gasteiger partial charge on any atom is 0.127 e. The van der Waals surface area contributed by atoms with Gasteiger partial charge in [-0.15, -0.1) is 12.4 Å². The van der Waals surface area contributed by atoms with Crippen LogP contribution >= 0.6 is 12.4 Å². The Hall–Kier alpha value is -0.710. The molecule has 0 aliphatic heterocycles. The van der Waals surface area contributed by atoms with E-state index in [2.05, 4.69) is 5.32 Å². The molecular formula is C13H21ClF2N2.